The Labute approximate surface area is 109 Å². The molecule has 1 N–H and O–H groups in total. The zero-order valence-corrected chi connectivity index (χ0v) is 11.1. The lowest BCUT2D eigenvalue weighted by Crippen LogP contribution is -2.38. The van der Waals surface area contributed by atoms with Gasteiger partial charge in [0, 0.05) is 19.5 Å². The molecule has 2 aliphatic rings. The summed E-state index contributed by atoms with van der Waals surface area (Å²) in [5, 5.41) is 8.61. The van der Waals surface area contributed by atoms with Gasteiger partial charge in [0.25, 0.3) is 0 Å². The van der Waals surface area contributed by atoms with E-state index in [1.165, 1.54) is 25.7 Å². The molecule has 4 heteroatoms. The Balaban J connectivity index is 1.57. The van der Waals surface area contributed by atoms with E-state index >= 15 is 0 Å². The van der Waals surface area contributed by atoms with Crippen LogP contribution in [-0.4, -0.2) is 47.8 Å². The Hall–Kier alpha value is -0.610. The molecule has 2 rings (SSSR count). The van der Waals surface area contributed by atoms with Crippen molar-refractivity contribution < 1.29 is 14.6 Å². The Morgan fingerprint density at radius 1 is 1.11 bits per heavy atom. The van der Waals surface area contributed by atoms with E-state index in [2.05, 4.69) is 4.90 Å². The number of likely N-dealkylation sites (tertiary alicyclic amines) is 1. The molecule has 4 nitrogen and oxygen atoms in total. The second kappa shape index (κ2) is 7.10. The third-order valence-electron chi connectivity index (χ3n) is 4.09. The summed E-state index contributed by atoms with van der Waals surface area (Å²) in [6.07, 6.45) is 9.42. The zero-order valence-electron chi connectivity index (χ0n) is 11.1. The summed E-state index contributed by atoms with van der Waals surface area (Å²) in [6, 6.07) is 0. The number of aliphatic carboxylic acids is 1. The van der Waals surface area contributed by atoms with Gasteiger partial charge in [0.15, 0.2) is 0 Å². The molecule has 18 heavy (non-hydrogen) atoms. The molecule has 0 bridgehead atoms. The van der Waals surface area contributed by atoms with E-state index < -0.39 is 5.97 Å². The molecule has 1 saturated carbocycles. The predicted molar refractivity (Wildman–Crippen MR) is 69.7 cm³/mol. The van der Waals surface area contributed by atoms with Crippen molar-refractivity contribution in [2.24, 2.45) is 0 Å². The highest BCUT2D eigenvalue weighted by molar-refractivity contribution is 5.66. The summed E-state index contributed by atoms with van der Waals surface area (Å²) >= 11 is 0. The van der Waals surface area contributed by atoms with Crippen molar-refractivity contribution in [3.8, 4) is 0 Å². The molecular formula is C14H25NO3. The topological polar surface area (TPSA) is 49.8 Å². The van der Waals surface area contributed by atoms with Gasteiger partial charge in [-0.15, -0.1) is 0 Å². The number of hydrogen-bond donors (Lipinski definition) is 1. The van der Waals surface area contributed by atoms with Crippen LogP contribution in [0.2, 0.25) is 0 Å². The van der Waals surface area contributed by atoms with Crippen molar-refractivity contribution in [1.82, 2.24) is 4.90 Å². The van der Waals surface area contributed by atoms with Crippen molar-refractivity contribution in [1.29, 1.82) is 0 Å². The second-order valence-electron chi connectivity index (χ2n) is 5.58. The first-order chi connectivity index (χ1) is 8.74. The van der Waals surface area contributed by atoms with Crippen molar-refractivity contribution in [2.45, 2.75) is 63.6 Å². The van der Waals surface area contributed by atoms with Gasteiger partial charge in [0.1, 0.15) is 0 Å². The first-order valence-electron chi connectivity index (χ1n) is 7.33. The number of carboxylic acid groups (broad SMARTS) is 1. The molecule has 1 saturated heterocycles. The zero-order chi connectivity index (χ0) is 12.8. The van der Waals surface area contributed by atoms with Gasteiger partial charge in [0.2, 0.25) is 0 Å². The molecule has 0 radical (unpaired) electrons. The monoisotopic (exact) mass is 255 g/mol. The summed E-state index contributed by atoms with van der Waals surface area (Å²) in [7, 11) is 0. The largest absolute Gasteiger partial charge is 0.481 e. The highest BCUT2D eigenvalue weighted by atomic mass is 16.5. The van der Waals surface area contributed by atoms with Crippen molar-refractivity contribution >= 4 is 5.97 Å². The summed E-state index contributed by atoms with van der Waals surface area (Å²) in [5.41, 5.74) is 0. The number of piperidine rings is 1. The summed E-state index contributed by atoms with van der Waals surface area (Å²) in [6.45, 7) is 3.05. The minimum atomic E-state index is -0.686. The van der Waals surface area contributed by atoms with E-state index in [9.17, 15) is 4.79 Å². The molecule has 0 spiro atoms. The van der Waals surface area contributed by atoms with Gasteiger partial charge >= 0.3 is 5.97 Å². The third-order valence-corrected chi connectivity index (χ3v) is 4.09. The van der Waals surface area contributed by atoms with E-state index in [1.54, 1.807) is 0 Å². The standard InChI is InChI=1S/C14H25NO3/c16-14(17)6-3-9-15-10-7-13(8-11-15)18-12-4-1-2-5-12/h12-13H,1-11H2,(H,16,17). The van der Waals surface area contributed by atoms with Crippen LogP contribution < -0.4 is 0 Å². The number of carboxylic acids is 1. The molecule has 0 aromatic heterocycles. The smallest absolute Gasteiger partial charge is 0.303 e. The number of ether oxygens (including phenoxy) is 1. The van der Waals surface area contributed by atoms with E-state index in [0.717, 1.165) is 38.9 Å². The molecule has 2 fully saturated rings. The van der Waals surface area contributed by atoms with Crippen molar-refractivity contribution in [2.75, 3.05) is 19.6 Å². The Morgan fingerprint density at radius 2 is 1.72 bits per heavy atom. The lowest BCUT2D eigenvalue weighted by molar-refractivity contribution is -0.137. The number of carbonyl (C=O) groups is 1. The van der Waals surface area contributed by atoms with Crippen LogP contribution in [0.5, 0.6) is 0 Å². The predicted octanol–water partition coefficient (Wildman–Crippen LogP) is 2.27. The summed E-state index contributed by atoms with van der Waals surface area (Å²) in [5.74, 6) is -0.686. The molecule has 0 aromatic rings. The van der Waals surface area contributed by atoms with Crippen molar-refractivity contribution in [3.05, 3.63) is 0 Å². The van der Waals surface area contributed by atoms with Gasteiger partial charge < -0.3 is 14.7 Å². The minimum Gasteiger partial charge on any atom is -0.481 e. The van der Waals surface area contributed by atoms with Crippen LogP contribution >= 0.6 is 0 Å². The maximum atomic E-state index is 10.4. The van der Waals surface area contributed by atoms with Crippen molar-refractivity contribution in [3.63, 3.8) is 0 Å². The first-order valence-corrected chi connectivity index (χ1v) is 7.33. The molecule has 1 heterocycles. The van der Waals surface area contributed by atoms with Crippen LogP contribution in [0.15, 0.2) is 0 Å². The lowest BCUT2D eigenvalue weighted by atomic mass is 10.1. The van der Waals surface area contributed by atoms with Crippen LogP contribution in [0.4, 0.5) is 0 Å². The van der Waals surface area contributed by atoms with Gasteiger partial charge in [-0.3, -0.25) is 4.79 Å². The summed E-state index contributed by atoms with van der Waals surface area (Å²) in [4.78, 5) is 12.8. The normalized spacial score (nSPS) is 23.6. The van der Waals surface area contributed by atoms with E-state index in [-0.39, 0.29) is 0 Å². The third kappa shape index (κ3) is 4.58. The van der Waals surface area contributed by atoms with Crippen LogP contribution in [0.1, 0.15) is 51.4 Å². The Kier molecular flexibility index (Phi) is 5.45. The lowest BCUT2D eigenvalue weighted by Gasteiger charge is -2.33. The minimum absolute atomic E-state index is 0.290. The maximum Gasteiger partial charge on any atom is 0.303 e. The highest BCUT2D eigenvalue weighted by Crippen LogP contribution is 2.25. The van der Waals surface area contributed by atoms with Crippen LogP contribution in [-0.2, 0) is 9.53 Å². The van der Waals surface area contributed by atoms with Gasteiger partial charge in [-0.2, -0.15) is 0 Å². The first kappa shape index (κ1) is 13.8. The SMILES string of the molecule is O=C(O)CCCN1CCC(OC2CCCC2)CC1. The average molecular weight is 255 g/mol. The van der Waals surface area contributed by atoms with Gasteiger partial charge in [0.05, 0.1) is 12.2 Å². The molecule has 0 amide bonds. The fourth-order valence-corrected chi connectivity index (χ4v) is 3.02. The van der Waals surface area contributed by atoms with Crippen LogP contribution in [0, 0.1) is 0 Å². The number of rotatable bonds is 6. The summed E-state index contributed by atoms with van der Waals surface area (Å²) < 4.78 is 6.12. The van der Waals surface area contributed by atoms with Crippen LogP contribution in [0.3, 0.4) is 0 Å². The Morgan fingerprint density at radius 3 is 2.33 bits per heavy atom. The number of nitrogens with zero attached hydrogens (tertiary/aromatic N) is 1. The van der Waals surface area contributed by atoms with Gasteiger partial charge in [-0.05, 0) is 38.6 Å². The quantitative estimate of drug-likeness (QED) is 0.791. The molecule has 0 unspecified atom stereocenters. The fraction of sp³-hybridized carbons (Fsp3) is 0.929. The molecular weight excluding hydrogens is 230 g/mol. The Bertz CT molecular complexity index is 256. The van der Waals surface area contributed by atoms with E-state index in [1.807, 2.05) is 0 Å². The van der Waals surface area contributed by atoms with Gasteiger partial charge in [-0.1, -0.05) is 12.8 Å². The highest BCUT2D eigenvalue weighted by Gasteiger charge is 2.24. The molecule has 104 valence electrons. The second-order valence-corrected chi connectivity index (χ2v) is 5.58. The van der Waals surface area contributed by atoms with E-state index in [0.29, 0.717) is 18.6 Å². The maximum absolute atomic E-state index is 10.4. The van der Waals surface area contributed by atoms with E-state index in [4.69, 9.17) is 9.84 Å². The average Bonchev–Trinajstić information content (AvgIpc) is 2.84. The molecule has 1 aliphatic carbocycles. The van der Waals surface area contributed by atoms with Gasteiger partial charge in [-0.25, -0.2) is 0 Å². The molecule has 1 aliphatic heterocycles. The fourth-order valence-electron chi connectivity index (χ4n) is 3.02. The molecule has 0 atom stereocenters. The molecule has 0 aromatic carbocycles. The van der Waals surface area contributed by atoms with Crippen LogP contribution in [0.25, 0.3) is 0 Å². The number of hydrogen-bond acceptors (Lipinski definition) is 3.